The number of nitrogens with zero attached hydrogens (tertiary/aromatic N) is 5. The monoisotopic (exact) mass is 372 g/mol. The highest BCUT2D eigenvalue weighted by atomic mass is 16.2. The molecule has 0 radical (unpaired) electrons. The van der Waals surface area contributed by atoms with Crippen LogP contribution in [0, 0.1) is 11.8 Å². The molecule has 1 aromatic heterocycles. The van der Waals surface area contributed by atoms with Crippen molar-refractivity contribution in [1.82, 2.24) is 29.9 Å². The second-order valence-electron chi connectivity index (χ2n) is 8.74. The van der Waals surface area contributed by atoms with Gasteiger partial charge >= 0.3 is 0 Å². The van der Waals surface area contributed by atoms with Gasteiger partial charge in [-0.2, -0.15) is 0 Å². The zero-order valence-corrected chi connectivity index (χ0v) is 15.9. The number of rotatable bonds is 3. The third-order valence-corrected chi connectivity index (χ3v) is 6.86. The van der Waals surface area contributed by atoms with Crippen LogP contribution >= 0.6 is 0 Å². The van der Waals surface area contributed by atoms with Crippen molar-refractivity contribution >= 4 is 11.8 Å². The molecule has 2 aliphatic carbocycles. The summed E-state index contributed by atoms with van der Waals surface area (Å²) in [5, 5.41) is 11.6. The molecule has 3 heterocycles. The van der Waals surface area contributed by atoms with Gasteiger partial charge in [0, 0.05) is 44.7 Å². The predicted octanol–water partition coefficient (Wildman–Crippen LogP) is 0.805. The van der Waals surface area contributed by atoms with Crippen LogP contribution in [0.5, 0.6) is 0 Å². The number of carbonyl (C=O) groups excluding carboxylic acids is 2. The van der Waals surface area contributed by atoms with E-state index in [-0.39, 0.29) is 17.9 Å². The Bertz CT molecular complexity index is 751. The number of piperazine rings is 1. The lowest BCUT2D eigenvalue weighted by atomic mass is 9.75. The Balaban J connectivity index is 1.31. The van der Waals surface area contributed by atoms with Gasteiger partial charge in [-0.1, -0.05) is 6.92 Å². The third-order valence-electron chi connectivity index (χ3n) is 6.86. The van der Waals surface area contributed by atoms with E-state index in [1.54, 1.807) is 0 Å². The molecule has 2 aliphatic heterocycles. The van der Waals surface area contributed by atoms with Crippen molar-refractivity contribution < 1.29 is 9.59 Å². The van der Waals surface area contributed by atoms with Gasteiger partial charge in [0.15, 0.2) is 5.82 Å². The van der Waals surface area contributed by atoms with E-state index in [0.29, 0.717) is 30.2 Å². The molecule has 1 N–H and O–H groups in total. The van der Waals surface area contributed by atoms with Gasteiger partial charge < -0.3 is 14.8 Å². The van der Waals surface area contributed by atoms with Gasteiger partial charge in [-0.15, -0.1) is 10.2 Å². The first-order chi connectivity index (χ1) is 13.1. The van der Waals surface area contributed by atoms with Crippen molar-refractivity contribution in [3.63, 3.8) is 0 Å². The molecule has 4 aliphatic rings. The molecular weight excluding hydrogens is 344 g/mol. The van der Waals surface area contributed by atoms with Crippen LogP contribution in [0.1, 0.15) is 61.5 Å². The number of aromatic nitrogens is 3. The second-order valence-corrected chi connectivity index (χ2v) is 8.74. The summed E-state index contributed by atoms with van der Waals surface area (Å²) >= 11 is 0. The van der Waals surface area contributed by atoms with Crippen LogP contribution in [0.2, 0.25) is 0 Å². The zero-order chi connectivity index (χ0) is 18.5. The van der Waals surface area contributed by atoms with Crippen LogP contribution in [0.25, 0.3) is 0 Å². The van der Waals surface area contributed by atoms with E-state index in [1.165, 1.54) is 6.42 Å². The highest BCUT2D eigenvalue weighted by molar-refractivity contribution is 5.91. The summed E-state index contributed by atoms with van der Waals surface area (Å²) < 4.78 is 1.97. The second kappa shape index (κ2) is 6.58. The number of amides is 2. The summed E-state index contributed by atoms with van der Waals surface area (Å²) in [4.78, 5) is 29.7. The molecule has 0 bridgehead atoms. The Morgan fingerprint density at radius 3 is 2.56 bits per heavy atom. The Hall–Kier alpha value is -1.96. The standard InChI is InChI=1S/C19H28N6O2/c1-12-9-13(10-12)19(27)24-6-5-23-7-8-25-16(15(23)11-24)21-22-17(25)18(26)20-14-3-2-4-14/h12-15H,2-11H2,1H3,(H,20,26)/t12?,13?,15-/m1/s1. The number of carbonyl (C=O) groups is 2. The molecule has 1 saturated heterocycles. The van der Waals surface area contributed by atoms with E-state index in [1.807, 2.05) is 9.47 Å². The van der Waals surface area contributed by atoms with E-state index in [4.69, 9.17) is 0 Å². The first-order valence-electron chi connectivity index (χ1n) is 10.4. The van der Waals surface area contributed by atoms with Crippen LogP contribution in [0.4, 0.5) is 0 Å². The molecule has 8 nitrogen and oxygen atoms in total. The average Bonchev–Trinajstić information content (AvgIpc) is 3.05. The zero-order valence-electron chi connectivity index (χ0n) is 15.9. The maximum Gasteiger partial charge on any atom is 0.289 e. The van der Waals surface area contributed by atoms with Crippen LogP contribution in [-0.2, 0) is 11.3 Å². The summed E-state index contributed by atoms with van der Waals surface area (Å²) in [6, 6.07) is 0.338. The Labute approximate surface area is 159 Å². The summed E-state index contributed by atoms with van der Waals surface area (Å²) in [6.07, 6.45) is 5.33. The molecule has 0 aromatic carbocycles. The van der Waals surface area contributed by atoms with Crippen molar-refractivity contribution in [3.05, 3.63) is 11.6 Å². The molecule has 0 spiro atoms. The van der Waals surface area contributed by atoms with Gasteiger partial charge in [-0.05, 0) is 38.0 Å². The molecule has 3 fully saturated rings. The van der Waals surface area contributed by atoms with Crippen LogP contribution in [0.3, 0.4) is 0 Å². The molecule has 2 amide bonds. The van der Waals surface area contributed by atoms with E-state index in [0.717, 1.165) is 57.7 Å². The Morgan fingerprint density at radius 2 is 1.85 bits per heavy atom. The number of fused-ring (bicyclic) bond motifs is 3. The van der Waals surface area contributed by atoms with Crippen LogP contribution in [0.15, 0.2) is 0 Å². The quantitative estimate of drug-likeness (QED) is 0.849. The normalized spacial score (nSPS) is 30.7. The minimum absolute atomic E-state index is 0.0479. The van der Waals surface area contributed by atoms with Crippen LogP contribution in [-0.4, -0.2) is 68.6 Å². The van der Waals surface area contributed by atoms with Crippen LogP contribution < -0.4 is 5.32 Å². The Kier molecular flexibility index (Phi) is 4.18. The maximum atomic E-state index is 12.8. The molecule has 2 saturated carbocycles. The summed E-state index contributed by atoms with van der Waals surface area (Å²) in [6.45, 7) is 6.15. The molecule has 8 heteroatoms. The SMILES string of the molecule is CC1CC(C(=O)N2CCN3CCn4c(C(=O)NC5CCC5)nnc4[C@H]3C2)C1. The van der Waals surface area contributed by atoms with Crippen molar-refractivity contribution in [2.45, 2.75) is 57.7 Å². The highest BCUT2D eigenvalue weighted by Gasteiger charge is 2.41. The van der Waals surface area contributed by atoms with Gasteiger partial charge in [-0.25, -0.2) is 0 Å². The van der Waals surface area contributed by atoms with Gasteiger partial charge in [0.2, 0.25) is 11.7 Å². The first kappa shape index (κ1) is 17.2. The molecule has 0 unspecified atom stereocenters. The van der Waals surface area contributed by atoms with Gasteiger partial charge in [0.25, 0.3) is 5.91 Å². The third kappa shape index (κ3) is 2.94. The lowest BCUT2D eigenvalue weighted by Gasteiger charge is -2.45. The molecule has 1 atom stereocenters. The topological polar surface area (TPSA) is 83.4 Å². The molecule has 27 heavy (non-hydrogen) atoms. The fourth-order valence-electron chi connectivity index (χ4n) is 4.88. The summed E-state index contributed by atoms with van der Waals surface area (Å²) in [5.74, 6) is 2.32. The number of hydrogen-bond acceptors (Lipinski definition) is 5. The molecular formula is C19H28N6O2. The number of hydrogen-bond donors (Lipinski definition) is 1. The summed E-state index contributed by atoms with van der Waals surface area (Å²) in [5.41, 5.74) is 0. The fourth-order valence-corrected chi connectivity index (χ4v) is 4.88. The Morgan fingerprint density at radius 1 is 1.07 bits per heavy atom. The maximum absolute atomic E-state index is 12.8. The van der Waals surface area contributed by atoms with E-state index in [2.05, 4.69) is 27.3 Å². The van der Waals surface area contributed by atoms with E-state index in [9.17, 15) is 9.59 Å². The molecule has 146 valence electrons. The van der Waals surface area contributed by atoms with Gasteiger partial charge in [0.1, 0.15) is 0 Å². The molecule has 1 aromatic rings. The van der Waals surface area contributed by atoms with E-state index < -0.39 is 0 Å². The van der Waals surface area contributed by atoms with Gasteiger partial charge in [-0.3, -0.25) is 14.5 Å². The first-order valence-corrected chi connectivity index (χ1v) is 10.4. The predicted molar refractivity (Wildman–Crippen MR) is 97.9 cm³/mol. The largest absolute Gasteiger partial charge is 0.347 e. The summed E-state index contributed by atoms with van der Waals surface area (Å²) in [7, 11) is 0. The van der Waals surface area contributed by atoms with Gasteiger partial charge in [0.05, 0.1) is 6.04 Å². The smallest absolute Gasteiger partial charge is 0.289 e. The minimum Gasteiger partial charge on any atom is -0.347 e. The van der Waals surface area contributed by atoms with Crippen molar-refractivity contribution in [2.75, 3.05) is 26.2 Å². The lowest BCUT2D eigenvalue weighted by Crippen LogP contribution is -2.55. The minimum atomic E-state index is -0.112. The van der Waals surface area contributed by atoms with E-state index >= 15 is 0 Å². The lowest BCUT2D eigenvalue weighted by molar-refractivity contribution is -0.143. The number of nitrogens with one attached hydrogen (secondary N) is 1. The van der Waals surface area contributed by atoms with Crippen molar-refractivity contribution in [3.8, 4) is 0 Å². The average molecular weight is 372 g/mol. The highest BCUT2D eigenvalue weighted by Crippen LogP contribution is 2.36. The molecule has 5 rings (SSSR count). The van der Waals surface area contributed by atoms with Crippen molar-refractivity contribution in [1.29, 1.82) is 0 Å². The van der Waals surface area contributed by atoms with Crippen molar-refractivity contribution in [2.24, 2.45) is 11.8 Å². The fraction of sp³-hybridized carbons (Fsp3) is 0.789.